The predicted octanol–water partition coefficient (Wildman–Crippen LogP) is 4.10. The lowest BCUT2D eigenvalue weighted by molar-refractivity contribution is -0.136. The summed E-state index contributed by atoms with van der Waals surface area (Å²) in [5.74, 6) is 1.75. The van der Waals surface area contributed by atoms with Crippen LogP contribution in [0, 0.1) is 0 Å². The lowest BCUT2D eigenvalue weighted by Gasteiger charge is -2.25. The fraction of sp³-hybridized carbons (Fsp3) is 0.381. The molecule has 148 valence electrons. The first kappa shape index (κ1) is 19.7. The minimum Gasteiger partial charge on any atom is -0.484 e. The van der Waals surface area contributed by atoms with Crippen LogP contribution in [0.1, 0.15) is 38.6 Å². The second-order valence-corrected chi connectivity index (χ2v) is 6.79. The van der Waals surface area contributed by atoms with Gasteiger partial charge in [-0.05, 0) is 50.1 Å². The molecule has 3 rings (SSSR count). The van der Waals surface area contributed by atoms with E-state index in [2.05, 4.69) is 17.1 Å². The number of benzene rings is 1. The molecule has 28 heavy (non-hydrogen) atoms. The van der Waals surface area contributed by atoms with Crippen LogP contribution in [0.5, 0.6) is 5.75 Å². The van der Waals surface area contributed by atoms with Crippen LogP contribution in [-0.4, -0.2) is 33.6 Å². The van der Waals surface area contributed by atoms with Crippen LogP contribution in [0.25, 0.3) is 11.6 Å². The van der Waals surface area contributed by atoms with Crippen molar-refractivity contribution < 1.29 is 18.5 Å². The molecule has 1 amide bonds. The fourth-order valence-electron chi connectivity index (χ4n) is 2.80. The molecular weight excluding hydrogens is 358 g/mol. The molecule has 0 radical (unpaired) electrons. The molecule has 2 heterocycles. The molecule has 3 aromatic rings. The maximum Gasteiger partial charge on any atom is 0.261 e. The molecule has 0 saturated heterocycles. The molecule has 0 aliphatic carbocycles. The summed E-state index contributed by atoms with van der Waals surface area (Å²) in [7, 11) is 0. The Morgan fingerprint density at radius 3 is 2.64 bits per heavy atom. The monoisotopic (exact) mass is 383 g/mol. The SMILES string of the molecule is CCCc1ccc(OCC(=O)N(Cc2nc(-c3ccco3)no2)C(C)C)cc1. The van der Waals surface area contributed by atoms with E-state index in [1.807, 2.05) is 38.1 Å². The number of nitrogens with zero attached hydrogens (tertiary/aromatic N) is 3. The van der Waals surface area contributed by atoms with Crippen molar-refractivity contribution in [1.82, 2.24) is 15.0 Å². The minimum atomic E-state index is -0.148. The Hall–Kier alpha value is -3.09. The maximum absolute atomic E-state index is 12.7. The average Bonchev–Trinajstić information content (AvgIpc) is 3.37. The first-order valence-corrected chi connectivity index (χ1v) is 9.44. The topological polar surface area (TPSA) is 81.6 Å². The van der Waals surface area contributed by atoms with Crippen LogP contribution in [0.15, 0.2) is 51.6 Å². The highest BCUT2D eigenvalue weighted by molar-refractivity contribution is 5.78. The standard InChI is InChI=1S/C21H25N3O4/c1-4-6-16-8-10-17(11-9-16)27-14-20(25)24(15(2)3)13-19-22-21(23-28-19)18-7-5-12-26-18/h5,7-12,15H,4,6,13-14H2,1-3H3. The molecular formula is C21H25N3O4. The van der Waals surface area contributed by atoms with E-state index in [1.165, 1.54) is 5.56 Å². The van der Waals surface area contributed by atoms with Crippen LogP contribution in [0.2, 0.25) is 0 Å². The molecule has 0 unspecified atom stereocenters. The van der Waals surface area contributed by atoms with Gasteiger partial charge < -0.3 is 18.6 Å². The summed E-state index contributed by atoms with van der Waals surface area (Å²) in [5.41, 5.74) is 1.26. The van der Waals surface area contributed by atoms with E-state index in [1.54, 1.807) is 23.3 Å². The Labute approximate surface area is 164 Å². The number of amides is 1. The van der Waals surface area contributed by atoms with Crippen molar-refractivity contribution >= 4 is 5.91 Å². The van der Waals surface area contributed by atoms with Crippen molar-refractivity contribution in [2.24, 2.45) is 0 Å². The van der Waals surface area contributed by atoms with Crippen molar-refractivity contribution in [2.45, 2.75) is 46.2 Å². The number of hydrogen-bond donors (Lipinski definition) is 0. The molecule has 7 heteroatoms. The van der Waals surface area contributed by atoms with Gasteiger partial charge in [-0.25, -0.2) is 0 Å². The zero-order valence-electron chi connectivity index (χ0n) is 16.4. The number of aromatic nitrogens is 2. The van der Waals surface area contributed by atoms with Gasteiger partial charge in [0.25, 0.3) is 5.91 Å². The van der Waals surface area contributed by atoms with E-state index in [9.17, 15) is 4.79 Å². The molecule has 0 aliphatic heterocycles. The number of carbonyl (C=O) groups excluding carboxylic acids is 1. The quantitative estimate of drug-likeness (QED) is 0.553. The number of hydrogen-bond acceptors (Lipinski definition) is 6. The lowest BCUT2D eigenvalue weighted by atomic mass is 10.1. The van der Waals surface area contributed by atoms with Crippen LogP contribution < -0.4 is 4.74 Å². The molecule has 0 N–H and O–H groups in total. The van der Waals surface area contributed by atoms with E-state index in [0.717, 1.165) is 12.8 Å². The molecule has 0 saturated carbocycles. The van der Waals surface area contributed by atoms with Crippen molar-refractivity contribution in [3.8, 4) is 17.3 Å². The zero-order valence-corrected chi connectivity index (χ0v) is 16.4. The molecule has 1 aromatic carbocycles. The number of carbonyl (C=O) groups is 1. The second kappa shape index (κ2) is 9.21. The summed E-state index contributed by atoms with van der Waals surface area (Å²) in [6.45, 7) is 6.17. The fourth-order valence-corrected chi connectivity index (χ4v) is 2.80. The summed E-state index contributed by atoms with van der Waals surface area (Å²) in [4.78, 5) is 18.6. The van der Waals surface area contributed by atoms with E-state index < -0.39 is 0 Å². The normalized spacial score (nSPS) is 11.0. The third-order valence-corrected chi connectivity index (χ3v) is 4.28. The number of ether oxygens (including phenoxy) is 1. The summed E-state index contributed by atoms with van der Waals surface area (Å²) < 4.78 is 16.2. The second-order valence-electron chi connectivity index (χ2n) is 6.79. The van der Waals surface area contributed by atoms with E-state index in [-0.39, 0.29) is 25.1 Å². The Bertz CT molecular complexity index is 869. The Balaban J connectivity index is 1.59. The summed E-state index contributed by atoms with van der Waals surface area (Å²) >= 11 is 0. The average molecular weight is 383 g/mol. The van der Waals surface area contributed by atoms with E-state index in [0.29, 0.717) is 23.2 Å². The molecule has 0 bridgehead atoms. The zero-order chi connectivity index (χ0) is 19.9. The predicted molar refractivity (Wildman–Crippen MR) is 104 cm³/mol. The van der Waals surface area contributed by atoms with E-state index >= 15 is 0 Å². The van der Waals surface area contributed by atoms with Gasteiger partial charge in [0, 0.05) is 6.04 Å². The lowest BCUT2D eigenvalue weighted by Crippen LogP contribution is -2.39. The van der Waals surface area contributed by atoms with Gasteiger partial charge in [0.05, 0.1) is 6.26 Å². The van der Waals surface area contributed by atoms with E-state index in [4.69, 9.17) is 13.7 Å². The molecule has 0 spiro atoms. The van der Waals surface area contributed by atoms with Crippen molar-refractivity contribution in [2.75, 3.05) is 6.61 Å². The highest BCUT2D eigenvalue weighted by atomic mass is 16.5. The van der Waals surface area contributed by atoms with Crippen molar-refractivity contribution in [1.29, 1.82) is 0 Å². The third-order valence-electron chi connectivity index (χ3n) is 4.28. The van der Waals surface area contributed by atoms with Crippen molar-refractivity contribution in [3.05, 3.63) is 54.1 Å². The Morgan fingerprint density at radius 1 is 1.21 bits per heavy atom. The minimum absolute atomic E-state index is 0.0398. The number of aryl methyl sites for hydroxylation is 1. The molecule has 7 nitrogen and oxygen atoms in total. The summed E-state index contributed by atoms with van der Waals surface area (Å²) in [6.07, 6.45) is 3.67. The molecule has 0 aliphatic rings. The molecule has 0 fully saturated rings. The maximum atomic E-state index is 12.7. The van der Waals surface area contributed by atoms with Gasteiger partial charge in [-0.2, -0.15) is 4.98 Å². The molecule has 0 atom stereocenters. The van der Waals surface area contributed by atoms with Gasteiger partial charge in [0.15, 0.2) is 12.4 Å². The van der Waals surface area contributed by atoms with Crippen LogP contribution in [0.4, 0.5) is 0 Å². The van der Waals surface area contributed by atoms with Crippen LogP contribution in [-0.2, 0) is 17.8 Å². The molecule has 2 aromatic heterocycles. The van der Waals surface area contributed by atoms with Crippen molar-refractivity contribution in [3.63, 3.8) is 0 Å². The highest BCUT2D eigenvalue weighted by Gasteiger charge is 2.21. The van der Waals surface area contributed by atoms with Gasteiger partial charge in [0.1, 0.15) is 12.3 Å². The van der Waals surface area contributed by atoms with Crippen LogP contribution in [0.3, 0.4) is 0 Å². The van der Waals surface area contributed by atoms with Gasteiger partial charge >= 0.3 is 0 Å². The summed E-state index contributed by atoms with van der Waals surface area (Å²) in [5, 5.41) is 3.90. The first-order valence-electron chi connectivity index (χ1n) is 9.44. The van der Waals surface area contributed by atoms with Gasteiger partial charge in [-0.1, -0.05) is 30.6 Å². The third kappa shape index (κ3) is 5.00. The Morgan fingerprint density at radius 2 is 2.00 bits per heavy atom. The van der Waals surface area contributed by atoms with Gasteiger partial charge in [-0.3, -0.25) is 4.79 Å². The number of rotatable bonds is 9. The highest BCUT2D eigenvalue weighted by Crippen LogP contribution is 2.18. The Kier molecular flexibility index (Phi) is 6.47. The van der Waals surface area contributed by atoms with Gasteiger partial charge in [-0.15, -0.1) is 0 Å². The first-order chi connectivity index (χ1) is 13.6. The largest absolute Gasteiger partial charge is 0.484 e. The van der Waals surface area contributed by atoms with Crippen LogP contribution >= 0.6 is 0 Å². The number of furan rings is 1. The van der Waals surface area contributed by atoms with Gasteiger partial charge in [0.2, 0.25) is 11.7 Å². The summed E-state index contributed by atoms with van der Waals surface area (Å²) in [6, 6.07) is 11.3. The smallest absolute Gasteiger partial charge is 0.261 e.